The maximum atomic E-state index is 12.8. The number of carbonyl (C=O) groups is 2. The second-order valence-corrected chi connectivity index (χ2v) is 6.32. The average molecular weight is 363 g/mol. The lowest BCUT2D eigenvalue weighted by Crippen LogP contribution is -2.47. The highest BCUT2D eigenvalue weighted by Crippen LogP contribution is 2.36. The summed E-state index contributed by atoms with van der Waals surface area (Å²) in [6.07, 6.45) is -3.86. The molecular weight excluding hydrogens is 345 g/mol. The fourth-order valence-electron chi connectivity index (χ4n) is 2.84. The third-order valence-electron chi connectivity index (χ3n) is 3.95. The van der Waals surface area contributed by atoms with Crippen LogP contribution in [0, 0.1) is 0 Å². The minimum atomic E-state index is -4.55. The lowest BCUT2D eigenvalue weighted by Gasteiger charge is -2.27. The van der Waals surface area contributed by atoms with Gasteiger partial charge in [-0.05, 0) is 31.9 Å². The first kappa shape index (κ1) is 18.6. The molecule has 0 aliphatic carbocycles. The van der Waals surface area contributed by atoms with Gasteiger partial charge in [-0.1, -0.05) is 23.7 Å². The Morgan fingerprint density at radius 1 is 1.42 bits per heavy atom. The van der Waals surface area contributed by atoms with Gasteiger partial charge in [0, 0.05) is 19.0 Å². The molecule has 1 aliphatic rings. The molecule has 2 rings (SSSR count). The SMILES string of the molecule is CC(C)N1C(=O)CCC1C(=O)NCc1cccc(C(F)(F)F)c1Cl. The zero-order valence-corrected chi connectivity index (χ0v) is 14.0. The Kier molecular flexibility index (Phi) is 5.42. The molecule has 0 saturated carbocycles. The van der Waals surface area contributed by atoms with E-state index in [1.54, 1.807) is 0 Å². The highest BCUT2D eigenvalue weighted by atomic mass is 35.5. The van der Waals surface area contributed by atoms with Crippen molar-refractivity contribution in [2.45, 2.75) is 51.5 Å². The summed E-state index contributed by atoms with van der Waals surface area (Å²) >= 11 is 5.80. The van der Waals surface area contributed by atoms with Crippen molar-refractivity contribution in [2.75, 3.05) is 0 Å². The first-order valence-electron chi connectivity index (χ1n) is 7.56. The maximum Gasteiger partial charge on any atom is 0.417 e. The minimum Gasteiger partial charge on any atom is -0.350 e. The summed E-state index contributed by atoms with van der Waals surface area (Å²) in [5, 5.41) is 2.16. The number of amides is 2. The largest absolute Gasteiger partial charge is 0.417 e. The van der Waals surface area contributed by atoms with E-state index in [-0.39, 0.29) is 30.0 Å². The summed E-state index contributed by atoms with van der Waals surface area (Å²) in [4.78, 5) is 25.6. The lowest BCUT2D eigenvalue weighted by molar-refractivity contribution is -0.137. The second kappa shape index (κ2) is 7.01. The number of benzene rings is 1. The van der Waals surface area contributed by atoms with Crippen LogP contribution in [0.15, 0.2) is 18.2 Å². The Balaban J connectivity index is 2.09. The molecule has 1 aliphatic heterocycles. The van der Waals surface area contributed by atoms with E-state index in [0.717, 1.165) is 6.07 Å². The van der Waals surface area contributed by atoms with Crippen molar-refractivity contribution < 1.29 is 22.8 Å². The predicted octanol–water partition coefficient (Wildman–Crippen LogP) is 3.37. The van der Waals surface area contributed by atoms with Crippen molar-refractivity contribution in [3.63, 3.8) is 0 Å². The summed E-state index contributed by atoms with van der Waals surface area (Å²) in [7, 11) is 0. The predicted molar refractivity (Wildman–Crippen MR) is 83.3 cm³/mol. The van der Waals surface area contributed by atoms with Gasteiger partial charge in [0.1, 0.15) is 6.04 Å². The number of hydrogen-bond acceptors (Lipinski definition) is 2. The number of hydrogen-bond donors (Lipinski definition) is 1. The third-order valence-corrected chi connectivity index (χ3v) is 4.40. The van der Waals surface area contributed by atoms with E-state index in [9.17, 15) is 22.8 Å². The molecule has 1 fully saturated rings. The molecular formula is C16H18ClF3N2O2. The van der Waals surface area contributed by atoms with Crippen LogP contribution in [0.2, 0.25) is 5.02 Å². The Labute approximate surface area is 143 Å². The van der Waals surface area contributed by atoms with Gasteiger partial charge < -0.3 is 10.2 Å². The number of likely N-dealkylation sites (tertiary alicyclic amines) is 1. The molecule has 0 spiro atoms. The van der Waals surface area contributed by atoms with Crippen LogP contribution in [0.3, 0.4) is 0 Å². The van der Waals surface area contributed by atoms with Crippen molar-refractivity contribution in [2.24, 2.45) is 0 Å². The summed E-state index contributed by atoms with van der Waals surface area (Å²) < 4.78 is 38.5. The van der Waals surface area contributed by atoms with Gasteiger partial charge in [-0.25, -0.2) is 0 Å². The van der Waals surface area contributed by atoms with Crippen molar-refractivity contribution in [3.05, 3.63) is 34.3 Å². The molecule has 1 unspecified atom stereocenters. The summed E-state index contributed by atoms with van der Waals surface area (Å²) in [6.45, 7) is 3.50. The van der Waals surface area contributed by atoms with Crippen molar-refractivity contribution in [1.82, 2.24) is 10.2 Å². The van der Waals surface area contributed by atoms with Crippen molar-refractivity contribution >= 4 is 23.4 Å². The van der Waals surface area contributed by atoms with E-state index >= 15 is 0 Å². The van der Waals surface area contributed by atoms with E-state index in [1.165, 1.54) is 17.0 Å². The molecule has 8 heteroatoms. The second-order valence-electron chi connectivity index (χ2n) is 5.94. The van der Waals surface area contributed by atoms with E-state index in [1.807, 2.05) is 13.8 Å². The zero-order valence-electron chi connectivity index (χ0n) is 13.3. The minimum absolute atomic E-state index is 0.0951. The Bertz CT molecular complexity index is 647. The molecule has 4 nitrogen and oxygen atoms in total. The number of alkyl halides is 3. The number of halogens is 4. The van der Waals surface area contributed by atoms with Gasteiger partial charge >= 0.3 is 6.18 Å². The van der Waals surface area contributed by atoms with Crippen LogP contribution in [-0.2, 0) is 22.3 Å². The number of rotatable bonds is 4. The topological polar surface area (TPSA) is 49.4 Å². The molecule has 1 atom stereocenters. The standard InChI is InChI=1S/C16H18ClF3N2O2/c1-9(2)22-12(6-7-13(22)23)15(24)21-8-10-4-3-5-11(14(10)17)16(18,19)20/h3-5,9,12H,6-8H2,1-2H3,(H,21,24). The molecule has 1 saturated heterocycles. The van der Waals surface area contributed by atoms with Crippen LogP contribution in [0.25, 0.3) is 0 Å². The smallest absolute Gasteiger partial charge is 0.350 e. The first-order chi connectivity index (χ1) is 11.1. The van der Waals surface area contributed by atoms with Crippen LogP contribution >= 0.6 is 11.6 Å². The number of nitrogens with zero attached hydrogens (tertiary/aromatic N) is 1. The van der Waals surface area contributed by atoms with Gasteiger partial charge in [-0.15, -0.1) is 0 Å². The quantitative estimate of drug-likeness (QED) is 0.892. The van der Waals surface area contributed by atoms with Gasteiger partial charge in [0.25, 0.3) is 0 Å². The Morgan fingerprint density at radius 3 is 2.67 bits per heavy atom. The van der Waals surface area contributed by atoms with Gasteiger partial charge in [0.2, 0.25) is 11.8 Å². The normalized spacial score (nSPS) is 18.4. The summed E-state index contributed by atoms with van der Waals surface area (Å²) in [5.74, 6) is -0.481. The lowest BCUT2D eigenvalue weighted by atomic mass is 10.1. The maximum absolute atomic E-state index is 12.8. The third kappa shape index (κ3) is 3.83. The highest BCUT2D eigenvalue weighted by Gasteiger charge is 2.37. The van der Waals surface area contributed by atoms with Crippen LogP contribution < -0.4 is 5.32 Å². The van der Waals surface area contributed by atoms with E-state index in [2.05, 4.69) is 5.32 Å². The Hall–Kier alpha value is -1.76. The van der Waals surface area contributed by atoms with Gasteiger partial charge in [0.15, 0.2) is 0 Å². The fourth-order valence-corrected chi connectivity index (χ4v) is 3.14. The Morgan fingerprint density at radius 2 is 2.08 bits per heavy atom. The van der Waals surface area contributed by atoms with Gasteiger partial charge in [-0.3, -0.25) is 9.59 Å². The van der Waals surface area contributed by atoms with E-state index in [4.69, 9.17) is 11.6 Å². The van der Waals surface area contributed by atoms with Crippen molar-refractivity contribution in [3.8, 4) is 0 Å². The van der Waals surface area contributed by atoms with Crippen LogP contribution in [0.1, 0.15) is 37.8 Å². The van der Waals surface area contributed by atoms with Crippen LogP contribution in [0.4, 0.5) is 13.2 Å². The summed E-state index contributed by atoms with van der Waals surface area (Å²) in [6, 6.07) is 2.85. The average Bonchev–Trinajstić information content (AvgIpc) is 2.86. The molecule has 0 aromatic heterocycles. The molecule has 1 aromatic carbocycles. The highest BCUT2D eigenvalue weighted by molar-refractivity contribution is 6.32. The first-order valence-corrected chi connectivity index (χ1v) is 7.94. The molecule has 1 aromatic rings. The van der Waals surface area contributed by atoms with Crippen LogP contribution in [-0.4, -0.2) is 28.8 Å². The molecule has 1 N–H and O–H groups in total. The number of nitrogens with one attached hydrogen (secondary N) is 1. The van der Waals surface area contributed by atoms with Gasteiger partial charge in [0.05, 0.1) is 10.6 Å². The van der Waals surface area contributed by atoms with Crippen molar-refractivity contribution in [1.29, 1.82) is 0 Å². The van der Waals surface area contributed by atoms with Crippen LogP contribution in [0.5, 0.6) is 0 Å². The van der Waals surface area contributed by atoms with E-state index < -0.39 is 22.8 Å². The van der Waals surface area contributed by atoms with Gasteiger partial charge in [-0.2, -0.15) is 13.2 Å². The fraction of sp³-hybridized carbons (Fsp3) is 0.500. The van der Waals surface area contributed by atoms with E-state index in [0.29, 0.717) is 12.8 Å². The monoisotopic (exact) mass is 362 g/mol. The number of carbonyl (C=O) groups excluding carboxylic acids is 2. The zero-order chi connectivity index (χ0) is 18.1. The molecule has 24 heavy (non-hydrogen) atoms. The molecule has 0 radical (unpaired) electrons. The molecule has 2 amide bonds. The molecule has 1 heterocycles. The summed E-state index contributed by atoms with van der Waals surface area (Å²) in [5.41, 5.74) is -0.754. The molecule has 132 valence electrons. The molecule has 0 bridgehead atoms.